The van der Waals surface area contributed by atoms with Crippen molar-refractivity contribution in [3.8, 4) is 6.01 Å². The summed E-state index contributed by atoms with van der Waals surface area (Å²) in [6.07, 6.45) is 3.74. The standard InChI is InChI=1S/C13H22N6O/c1-14-11-15-12(17-13(16-11)20-3)19-7-6-9-4-5-10(8-19)18(9)2/h9-10H,4-8H2,1-3H3,(H,14,15,16,17). The lowest BCUT2D eigenvalue weighted by molar-refractivity contribution is 0.254. The first-order chi connectivity index (χ1) is 9.71. The predicted molar refractivity (Wildman–Crippen MR) is 77.3 cm³/mol. The molecule has 0 radical (unpaired) electrons. The third-order valence-corrected chi connectivity index (χ3v) is 4.44. The van der Waals surface area contributed by atoms with Crippen molar-refractivity contribution in [2.75, 3.05) is 44.5 Å². The van der Waals surface area contributed by atoms with Crippen LogP contribution in [0.1, 0.15) is 19.3 Å². The molecular weight excluding hydrogens is 256 g/mol. The molecule has 1 N–H and O–H groups in total. The second-order valence-corrected chi connectivity index (χ2v) is 5.48. The normalized spacial score (nSPS) is 26.4. The van der Waals surface area contributed by atoms with Gasteiger partial charge >= 0.3 is 6.01 Å². The van der Waals surface area contributed by atoms with Gasteiger partial charge in [-0.05, 0) is 26.3 Å². The first-order valence-electron chi connectivity index (χ1n) is 7.16. The van der Waals surface area contributed by atoms with Crippen LogP contribution in [0.15, 0.2) is 0 Å². The van der Waals surface area contributed by atoms with E-state index in [1.54, 1.807) is 14.2 Å². The molecule has 3 heterocycles. The van der Waals surface area contributed by atoms with Crippen LogP contribution >= 0.6 is 0 Å². The Labute approximate surface area is 119 Å². The van der Waals surface area contributed by atoms with Crippen molar-refractivity contribution in [1.82, 2.24) is 19.9 Å². The number of nitrogens with zero attached hydrogens (tertiary/aromatic N) is 5. The molecule has 2 bridgehead atoms. The van der Waals surface area contributed by atoms with Crippen molar-refractivity contribution in [3.63, 3.8) is 0 Å². The Morgan fingerprint density at radius 1 is 1.15 bits per heavy atom. The van der Waals surface area contributed by atoms with E-state index in [9.17, 15) is 0 Å². The number of hydrogen-bond acceptors (Lipinski definition) is 7. The summed E-state index contributed by atoms with van der Waals surface area (Å²) in [5.41, 5.74) is 0. The molecule has 2 fully saturated rings. The molecule has 2 aliphatic rings. The summed E-state index contributed by atoms with van der Waals surface area (Å²) < 4.78 is 5.16. The summed E-state index contributed by atoms with van der Waals surface area (Å²) in [6, 6.07) is 1.67. The number of nitrogens with one attached hydrogen (secondary N) is 1. The van der Waals surface area contributed by atoms with Crippen molar-refractivity contribution in [3.05, 3.63) is 0 Å². The van der Waals surface area contributed by atoms with Gasteiger partial charge in [-0.15, -0.1) is 0 Å². The van der Waals surface area contributed by atoms with Crippen molar-refractivity contribution in [2.24, 2.45) is 0 Å². The first-order valence-corrected chi connectivity index (χ1v) is 7.16. The quantitative estimate of drug-likeness (QED) is 0.868. The van der Waals surface area contributed by atoms with Gasteiger partial charge in [-0.3, -0.25) is 4.90 Å². The maximum Gasteiger partial charge on any atom is 0.322 e. The Hall–Kier alpha value is -1.63. The zero-order chi connectivity index (χ0) is 14.1. The molecule has 3 rings (SSSR count). The molecule has 0 saturated carbocycles. The zero-order valence-electron chi connectivity index (χ0n) is 12.3. The highest BCUT2D eigenvalue weighted by atomic mass is 16.5. The molecule has 2 saturated heterocycles. The lowest BCUT2D eigenvalue weighted by atomic mass is 10.1. The summed E-state index contributed by atoms with van der Waals surface area (Å²) in [5, 5.41) is 2.96. The smallest absolute Gasteiger partial charge is 0.322 e. The van der Waals surface area contributed by atoms with Gasteiger partial charge in [-0.25, -0.2) is 0 Å². The molecule has 110 valence electrons. The maximum atomic E-state index is 5.16. The minimum atomic E-state index is 0.363. The molecule has 2 unspecified atom stereocenters. The minimum absolute atomic E-state index is 0.363. The number of rotatable bonds is 3. The van der Waals surface area contributed by atoms with Gasteiger partial charge in [0, 0.05) is 32.2 Å². The summed E-state index contributed by atoms with van der Waals surface area (Å²) >= 11 is 0. The van der Waals surface area contributed by atoms with E-state index in [0.717, 1.165) is 19.5 Å². The largest absolute Gasteiger partial charge is 0.467 e. The summed E-state index contributed by atoms with van der Waals surface area (Å²) in [6.45, 7) is 1.96. The van der Waals surface area contributed by atoms with Gasteiger partial charge in [-0.2, -0.15) is 15.0 Å². The van der Waals surface area contributed by atoms with Gasteiger partial charge in [0.15, 0.2) is 0 Å². The van der Waals surface area contributed by atoms with E-state index >= 15 is 0 Å². The first kappa shape index (κ1) is 13.4. The molecule has 1 aromatic heterocycles. The van der Waals surface area contributed by atoms with Crippen LogP contribution < -0.4 is 15.0 Å². The predicted octanol–water partition coefficient (Wildman–Crippen LogP) is 0.595. The Morgan fingerprint density at radius 3 is 2.70 bits per heavy atom. The van der Waals surface area contributed by atoms with Crippen LogP contribution in [0.5, 0.6) is 6.01 Å². The summed E-state index contributed by atoms with van der Waals surface area (Å²) in [5.74, 6) is 1.26. The Morgan fingerprint density at radius 2 is 1.95 bits per heavy atom. The van der Waals surface area contributed by atoms with Gasteiger partial charge in [-0.1, -0.05) is 0 Å². The summed E-state index contributed by atoms with van der Waals surface area (Å²) in [7, 11) is 5.62. The molecule has 2 aliphatic heterocycles. The van der Waals surface area contributed by atoms with Crippen molar-refractivity contribution < 1.29 is 4.74 Å². The number of ether oxygens (including phenoxy) is 1. The monoisotopic (exact) mass is 278 g/mol. The van der Waals surface area contributed by atoms with Crippen molar-refractivity contribution in [1.29, 1.82) is 0 Å². The van der Waals surface area contributed by atoms with Crippen LogP contribution in [0.25, 0.3) is 0 Å². The molecule has 0 aliphatic carbocycles. The van der Waals surface area contributed by atoms with E-state index in [-0.39, 0.29) is 0 Å². The van der Waals surface area contributed by atoms with E-state index in [4.69, 9.17) is 4.74 Å². The number of likely N-dealkylation sites (N-methyl/N-ethyl adjacent to an activating group) is 1. The number of fused-ring (bicyclic) bond motifs is 2. The molecule has 1 aromatic rings. The third kappa shape index (κ3) is 2.37. The van der Waals surface area contributed by atoms with E-state index in [1.165, 1.54) is 12.8 Å². The SMILES string of the molecule is CNc1nc(OC)nc(N2CCC3CCC(C2)N3C)n1. The maximum absolute atomic E-state index is 5.16. The molecule has 0 aromatic carbocycles. The number of methoxy groups -OCH3 is 1. The second-order valence-electron chi connectivity index (χ2n) is 5.48. The topological polar surface area (TPSA) is 66.4 Å². The molecule has 0 spiro atoms. The van der Waals surface area contributed by atoms with Crippen molar-refractivity contribution >= 4 is 11.9 Å². The fraction of sp³-hybridized carbons (Fsp3) is 0.769. The van der Waals surface area contributed by atoms with Gasteiger partial charge in [0.2, 0.25) is 11.9 Å². The van der Waals surface area contributed by atoms with Gasteiger partial charge in [0.1, 0.15) is 0 Å². The van der Waals surface area contributed by atoms with Crippen LogP contribution in [0.4, 0.5) is 11.9 Å². The molecule has 7 heteroatoms. The van der Waals surface area contributed by atoms with E-state index < -0.39 is 0 Å². The van der Waals surface area contributed by atoms with Crippen LogP contribution in [0.2, 0.25) is 0 Å². The van der Waals surface area contributed by atoms with Crippen LogP contribution in [0, 0.1) is 0 Å². The van der Waals surface area contributed by atoms with E-state index in [0.29, 0.717) is 30.0 Å². The lowest BCUT2D eigenvalue weighted by Crippen LogP contribution is -2.37. The molecule has 7 nitrogen and oxygen atoms in total. The molecule has 2 atom stereocenters. The minimum Gasteiger partial charge on any atom is -0.467 e. The zero-order valence-corrected chi connectivity index (χ0v) is 12.3. The average Bonchev–Trinajstić information content (AvgIpc) is 2.71. The number of anilines is 2. The third-order valence-electron chi connectivity index (χ3n) is 4.44. The fourth-order valence-electron chi connectivity index (χ4n) is 3.18. The van der Waals surface area contributed by atoms with Crippen LogP contribution in [-0.4, -0.2) is 66.2 Å². The van der Waals surface area contributed by atoms with E-state index in [2.05, 4.69) is 37.1 Å². The number of aromatic nitrogens is 3. The Bertz CT molecular complexity index is 460. The number of hydrogen-bond donors (Lipinski definition) is 1. The highest BCUT2D eigenvalue weighted by molar-refractivity contribution is 5.38. The van der Waals surface area contributed by atoms with Crippen LogP contribution in [-0.2, 0) is 0 Å². The fourth-order valence-corrected chi connectivity index (χ4v) is 3.18. The summed E-state index contributed by atoms with van der Waals surface area (Å²) in [4.78, 5) is 17.8. The van der Waals surface area contributed by atoms with E-state index in [1.807, 2.05) is 0 Å². The Kier molecular flexibility index (Phi) is 3.60. The lowest BCUT2D eigenvalue weighted by Gasteiger charge is -2.25. The van der Waals surface area contributed by atoms with Crippen LogP contribution in [0.3, 0.4) is 0 Å². The Balaban J connectivity index is 1.85. The molecule has 20 heavy (non-hydrogen) atoms. The second kappa shape index (κ2) is 5.40. The highest BCUT2D eigenvalue weighted by Gasteiger charge is 2.35. The highest BCUT2D eigenvalue weighted by Crippen LogP contribution is 2.30. The average molecular weight is 278 g/mol. The molecule has 0 amide bonds. The molecular formula is C13H22N6O. The van der Waals surface area contributed by atoms with Crippen molar-refractivity contribution in [2.45, 2.75) is 31.3 Å². The van der Waals surface area contributed by atoms with Gasteiger partial charge in [0.25, 0.3) is 0 Å². The van der Waals surface area contributed by atoms with Gasteiger partial charge in [0.05, 0.1) is 7.11 Å². The van der Waals surface area contributed by atoms with Gasteiger partial charge < -0.3 is 15.0 Å².